The van der Waals surface area contributed by atoms with E-state index in [9.17, 15) is 9.59 Å². The summed E-state index contributed by atoms with van der Waals surface area (Å²) in [5, 5.41) is 12.7. The second-order valence-electron chi connectivity index (χ2n) is 3.86. The molecule has 1 rings (SSSR count). The van der Waals surface area contributed by atoms with Gasteiger partial charge in [0.25, 0.3) is 0 Å². The van der Waals surface area contributed by atoms with Crippen molar-refractivity contribution in [2.24, 2.45) is 7.05 Å². The molecule has 1 aromatic rings. The van der Waals surface area contributed by atoms with E-state index < -0.39 is 5.97 Å². The number of carbonyl (C=O) groups is 2. The molecule has 1 aromatic heterocycles. The van der Waals surface area contributed by atoms with Gasteiger partial charge in [-0.3, -0.25) is 14.3 Å². The molecule has 0 radical (unpaired) electrons. The lowest BCUT2D eigenvalue weighted by Gasteiger charge is -2.18. The van der Waals surface area contributed by atoms with E-state index in [1.165, 1.54) is 18.1 Å². The van der Waals surface area contributed by atoms with Crippen molar-refractivity contribution in [1.29, 1.82) is 0 Å². The Bertz CT molecular complexity index is 467. The highest BCUT2D eigenvalue weighted by Gasteiger charge is 2.13. The number of carbonyl (C=O) groups excluding carboxylic acids is 1. The highest BCUT2D eigenvalue weighted by atomic mass is 16.5. The molecule has 0 bridgehead atoms. The number of hydrogen-bond donors (Lipinski definition) is 1. The fraction of sp³-hybridized carbons (Fsp3) is 0.417. The van der Waals surface area contributed by atoms with Crippen molar-refractivity contribution < 1.29 is 19.4 Å². The average Bonchev–Trinajstić information content (AvgIpc) is 2.76. The van der Waals surface area contributed by atoms with Crippen LogP contribution >= 0.6 is 0 Å². The number of methoxy groups -OCH3 is 1. The van der Waals surface area contributed by atoms with Crippen molar-refractivity contribution in [1.82, 2.24) is 14.7 Å². The Balaban J connectivity index is 2.68. The van der Waals surface area contributed by atoms with Crippen molar-refractivity contribution in [3.63, 3.8) is 0 Å². The summed E-state index contributed by atoms with van der Waals surface area (Å²) in [6.45, 7) is 0.174. The summed E-state index contributed by atoms with van der Waals surface area (Å²) in [6.07, 6.45) is 4.54. The van der Waals surface area contributed by atoms with Crippen molar-refractivity contribution >= 4 is 18.0 Å². The smallest absolute Gasteiger partial charge is 0.323 e. The van der Waals surface area contributed by atoms with Crippen LogP contribution in [0, 0.1) is 0 Å². The molecule has 7 heteroatoms. The number of carboxylic acid groups (broad SMARTS) is 1. The molecule has 19 heavy (non-hydrogen) atoms. The molecule has 7 nitrogen and oxygen atoms in total. The van der Waals surface area contributed by atoms with E-state index >= 15 is 0 Å². The van der Waals surface area contributed by atoms with Crippen LogP contribution in [0.4, 0.5) is 0 Å². The average molecular weight is 267 g/mol. The molecule has 0 aromatic carbocycles. The third kappa shape index (κ3) is 4.92. The minimum absolute atomic E-state index is 0.233. The van der Waals surface area contributed by atoms with E-state index in [2.05, 4.69) is 5.10 Å². The SMILES string of the molecule is COCCN(CC(=O)O)C(=O)/C=C/c1ccnn1C. The normalized spacial score (nSPS) is 10.8. The number of nitrogens with zero attached hydrogens (tertiary/aromatic N) is 3. The molecule has 0 spiro atoms. The fourth-order valence-corrected chi connectivity index (χ4v) is 1.44. The Morgan fingerprint density at radius 2 is 2.32 bits per heavy atom. The highest BCUT2D eigenvalue weighted by molar-refractivity contribution is 5.93. The molecule has 0 aliphatic rings. The van der Waals surface area contributed by atoms with Gasteiger partial charge in [-0.2, -0.15) is 5.10 Å². The lowest BCUT2D eigenvalue weighted by molar-refractivity contribution is -0.143. The second-order valence-corrected chi connectivity index (χ2v) is 3.86. The largest absolute Gasteiger partial charge is 0.480 e. The molecular weight excluding hydrogens is 250 g/mol. The first-order valence-corrected chi connectivity index (χ1v) is 5.70. The molecule has 0 unspecified atom stereocenters. The van der Waals surface area contributed by atoms with Crippen LogP contribution in [0.25, 0.3) is 6.08 Å². The van der Waals surface area contributed by atoms with Gasteiger partial charge in [-0.05, 0) is 12.1 Å². The third-order valence-electron chi connectivity index (χ3n) is 2.46. The van der Waals surface area contributed by atoms with E-state index in [1.807, 2.05) is 0 Å². The molecule has 1 N–H and O–H groups in total. The molecule has 0 aliphatic heterocycles. The molecule has 0 saturated heterocycles. The van der Waals surface area contributed by atoms with Crippen LogP contribution in [-0.2, 0) is 21.4 Å². The standard InChI is InChI=1S/C12H17N3O4/c1-14-10(5-6-13-14)3-4-11(16)15(7-8-19-2)9-12(17)18/h3-6H,7-9H2,1-2H3,(H,17,18)/b4-3+. The summed E-state index contributed by atoms with van der Waals surface area (Å²) < 4.78 is 6.46. The van der Waals surface area contributed by atoms with Crippen LogP contribution in [0.2, 0.25) is 0 Å². The predicted molar refractivity (Wildman–Crippen MR) is 68.3 cm³/mol. The van der Waals surface area contributed by atoms with Gasteiger partial charge in [0.15, 0.2) is 0 Å². The van der Waals surface area contributed by atoms with Gasteiger partial charge in [-0.15, -0.1) is 0 Å². The Morgan fingerprint density at radius 3 is 2.84 bits per heavy atom. The minimum atomic E-state index is -1.06. The van der Waals surface area contributed by atoms with Crippen molar-refractivity contribution in [3.8, 4) is 0 Å². The number of aromatic nitrogens is 2. The van der Waals surface area contributed by atoms with Crippen LogP contribution in [0.5, 0.6) is 0 Å². The van der Waals surface area contributed by atoms with Gasteiger partial charge in [0, 0.05) is 33.0 Å². The maximum absolute atomic E-state index is 11.9. The van der Waals surface area contributed by atoms with Crippen molar-refractivity contribution in [3.05, 3.63) is 24.0 Å². The van der Waals surface area contributed by atoms with Crippen LogP contribution in [-0.4, -0.2) is 58.5 Å². The Kier molecular flexibility index (Phi) is 5.74. The van der Waals surface area contributed by atoms with Crippen LogP contribution in [0.15, 0.2) is 18.3 Å². The van der Waals surface area contributed by atoms with Crippen LogP contribution in [0.3, 0.4) is 0 Å². The van der Waals surface area contributed by atoms with E-state index in [4.69, 9.17) is 9.84 Å². The summed E-state index contributed by atoms with van der Waals surface area (Å²) in [6, 6.07) is 1.75. The second kappa shape index (κ2) is 7.32. The summed E-state index contributed by atoms with van der Waals surface area (Å²) in [4.78, 5) is 23.8. The number of hydrogen-bond acceptors (Lipinski definition) is 4. The lowest BCUT2D eigenvalue weighted by Crippen LogP contribution is -2.36. The first kappa shape index (κ1) is 14.9. The first-order chi connectivity index (χ1) is 9.04. The molecular formula is C12H17N3O4. The van der Waals surface area contributed by atoms with Crippen LogP contribution < -0.4 is 0 Å². The molecule has 1 heterocycles. The maximum Gasteiger partial charge on any atom is 0.323 e. The van der Waals surface area contributed by atoms with Crippen molar-refractivity contribution in [2.45, 2.75) is 0 Å². The number of carboxylic acids is 1. The van der Waals surface area contributed by atoms with Gasteiger partial charge in [-0.1, -0.05) is 0 Å². The van der Waals surface area contributed by atoms with Gasteiger partial charge < -0.3 is 14.7 Å². The minimum Gasteiger partial charge on any atom is -0.480 e. The molecule has 0 fully saturated rings. The van der Waals surface area contributed by atoms with Gasteiger partial charge in [0.2, 0.25) is 5.91 Å². The zero-order chi connectivity index (χ0) is 14.3. The molecule has 0 saturated carbocycles. The zero-order valence-electron chi connectivity index (χ0n) is 10.9. The summed E-state index contributed by atoms with van der Waals surface area (Å²) in [5.41, 5.74) is 0.760. The first-order valence-electron chi connectivity index (χ1n) is 5.70. The summed E-state index contributed by atoms with van der Waals surface area (Å²) >= 11 is 0. The van der Waals surface area contributed by atoms with Gasteiger partial charge in [0.05, 0.1) is 12.3 Å². The number of amides is 1. The fourth-order valence-electron chi connectivity index (χ4n) is 1.44. The molecule has 104 valence electrons. The number of ether oxygens (including phenoxy) is 1. The molecule has 1 amide bonds. The van der Waals surface area contributed by atoms with E-state index in [0.717, 1.165) is 5.69 Å². The van der Waals surface area contributed by atoms with E-state index in [1.54, 1.807) is 30.1 Å². The van der Waals surface area contributed by atoms with Crippen LogP contribution in [0.1, 0.15) is 5.69 Å². The highest BCUT2D eigenvalue weighted by Crippen LogP contribution is 2.01. The Labute approximate surface area is 111 Å². The van der Waals surface area contributed by atoms with Gasteiger partial charge in [-0.25, -0.2) is 0 Å². The molecule has 0 atom stereocenters. The quantitative estimate of drug-likeness (QED) is 0.702. The van der Waals surface area contributed by atoms with E-state index in [-0.39, 0.29) is 19.0 Å². The zero-order valence-corrected chi connectivity index (χ0v) is 10.9. The van der Waals surface area contributed by atoms with Gasteiger partial charge >= 0.3 is 5.97 Å². The Hall–Kier alpha value is -2.15. The monoisotopic (exact) mass is 267 g/mol. The predicted octanol–water partition coefficient (Wildman–Crippen LogP) is -0.00710. The van der Waals surface area contributed by atoms with Crippen molar-refractivity contribution in [2.75, 3.05) is 26.8 Å². The van der Waals surface area contributed by atoms with Gasteiger partial charge in [0.1, 0.15) is 6.54 Å². The number of rotatable bonds is 7. The lowest BCUT2D eigenvalue weighted by atomic mass is 10.3. The Morgan fingerprint density at radius 1 is 1.58 bits per heavy atom. The summed E-state index contributed by atoms with van der Waals surface area (Å²) in [7, 11) is 3.25. The number of aryl methyl sites for hydroxylation is 1. The summed E-state index contributed by atoms with van der Waals surface area (Å²) in [5.74, 6) is -1.43. The maximum atomic E-state index is 11.9. The third-order valence-corrected chi connectivity index (χ3v) is 2.46. The van der Waals surface area contributed by atoms with E-state index in [0.29, 0.717) is 6.61 Å². The molecule has 0 aliphatic carbocycles. The topological polar surface area (TPSA) is 84.7 Å². The number of aliphatic carboxylic acids is 1.